The number of nitrogens with zero attached hydrogens (tertiary/aromatic N) is 5. The van der Waals surface area contributed by atoms with Crippen LogP contribution in [0, 0.1) is 0 Å². The average molecular weight is 403 g/mol. The number of anilines is 3. The molecule has 1 fully saturated rings. The number of rotatable bonds is 4. The molecule has 9 heteroatoms. The Hall–Kier alpha value is -3.88. The van der Waals surface area contributed by atoms with E-state index < -0.39 is 0 Å². The van der Waals surface area contributed by atoms with Gasteiger partial charge in [0.25, 0.3) is 0 Å². The maximum atomic E-state index is 11.5. The summed E-state index contributed by atoms with van der Waals surface area (Å²) < 4.78 is 5.16. The van der Waals surface area contributed by atoms with Gasteiger partial charge in [-0.25, -0.2) is 9.97 Å². The van der Waals surface area contributed by atoms with Crippen LogP contribution in [-0.4, -0.2) is 57.2 Å². The minimum absolute atomic E-state index is 0.138. The molecule has 4 aromatic rings. The number of amides is 1. The Morgan fingerprint density at radius 1 is 1.10 bits per heavy atom. The molecular formula is C21H21N7O2. The lowest BCUT2D eigenvalue weighted by Gasteiger charge is -2.35. The van der Waals surface area contributed by atoms with E-state index in [0.29, 0.717) is 11.6 Å². The lowest BCUT2D eigenvalue weighted by molar-refractivity contribution is -0.129. The topological polar surface area (TPSA) is 103 Å². The molecule has 0 spiro atoms. The number of nitrogens with one attached hydrogen (secondary N) is 2. The van der Waals surface area contributed by atoms with Crippen LogP contribution in [0.15, 0.2) is 53.5 Å². The summed E-state index contributed by atoms with van der Waals surface area (Å²) in [7, 11) is 0. The van der Waals surface area contributed by atoms with Gasteiger partial charge in [0.1, 0.15) is 17.3 Å². The number of carbonyl (C=O) groups is 1. The lowest BCUT2D eigenvalue weighted by Crippen LogP contribution is -2.48. The van der Waals surface area contributed by atoms with E-state index in [2.05, 4.69) is 42.5 Å². The predicted octanol–water partition coefficient (Wildman–Crippen LogP) is 3.03. The fourth-order valence-corrected chi connectivity index (χ4v) is 3.62. The molecule has 0 unspecified atom stereocenters. The zero-order valence-corrected chi connectivity index (χ0v) is 16.5. The highest BCUT2D eigenvalue weighted by Gasteiger charge is 2.19. The number of aromatic amines is 1. The SMILES string of the molecule is CC(=O)N1CCN(c2ccc(Nc3nc(-c4ccoc4)nc4cn[nH]c34)cc2)CC1. The smallest absolute Gasteiger partial charge is 0.219 e. The largest absolute Gasteiger partial charge is 0.472 e. The molecule has 5 rings (SSSR count). The highest BCUT2D eigenvalue weighted by molar-refractivity contribution is 5.88. The van der Waals surface area contributed by atoms with Crippen molar-refractivity contribution in [1.82, 2.24) is 25.1 Å². The number of piperazine rings is 1. The molecule has 9 nitrogen and oxygen atoms in total. The van der Waals surface area contributed by atoms with E-state index in [9.17, 15) is 4.79 Å². The molecule has 2 N–H and O–H groups in total. The number of fused-ring (bicyclic) bond motifs is 1. The number of hydrogen-bond acceptors (Lipinski definition) is 7. The molecule has 1 saturated heterocycles. The van der Waals surface area contributed by atoms with Gasteiger partial charge < -0.3 is 19.5 Å². The molecular weight excluding hydrogens is 382 g/mol. The van der Waals surface area contributed by atoms with Crippen molar-refractivity contribution >= 4 is 34.1 Å². The van der Waals surface area contributed by atoms with Crippen LogP contribution in [0.4, 0.5) is 17.2 Å². The molecule has 0 radical (unpaired) electrons. The summed E-state index contributed by atoms with van der Waals surface area (Å²) in [5.74, 6) is 1.36. The van der Waals surface area contributed by atoms with E-state index >= 15 is 0 Å². The molecule has 0 bridgehead atoms. The Morgan fingerprint density at radius 3 is 2.60 bits per heavy atom. The summed E-state index contributed by atoms with van der Waals surface area (Å²) in [5.41, 5.74) is 4.32. The Labute approximate surface area is 172 Å². The minimum atomic E-state index is 0.138. The third-order valence-corrected chi connectivity index (χ3v) is 5.30. The molecule has 152 valence electrons. The van der Waals surface area contributed by atoms with Gasteiger partial charge in [0, 0.05) is 44.5 Å². The Balaban J connectivity index is 1.36. The molecule has 1 aromatic carbocycles. The molecule has 0 saturated carbocycles. The third kappa shape index (κ3) is 3.45. The van der Waals surface area contributed by atoms with Crippen LogP contribution < -0.4 is 10.2 Å². The molecule has 3 aromatic heterocycles. The van der Waals surface area contributed by atoms with Gasteiger partial charge in [0.15, 0.2) is 11.6 Å². The second-order valence-corrected chi connectivity index (χ2v) is 7.20. The zero-order valence-electron chi connectivity index (χ0n) is 16.5. The van der Waals surface area contributed by atoms with E-state index in [1.165, 1.54) is 0 Å². The average Bonchev–Trinajstić information content (AvgIpc) is 3.46. The van der Waals surface area contributed by atoms with Crippen LogP contribution >= 0.6 is 0 Å². The number of carbonyl (C=O) groups excluding carboxylic acids is 1. The highest BCUT2D eigenvalue weighted by Crippen LogP contribution is 2.27. The van der Waals surface area contributed by atoms with E-state index in [4.69, 9.17) is 4.42 Å². The van der Waals surface area contributed by atoms with Gasteiger partial charge in [0.2, 0.25) is 5.91 Å². The summed E-state index contributed by atoms with van der Waals surface area (Å²) in [5, 5.41) is 10.4. The van der Waals surface area contributed by atoms with E-state index in [1.807, 2.05) is 23.1 Å². The normalized spacial score (nSPS) is 14.3. The molecule has 1 aliphatic rings. The van der Waals surface area contributed by atoms with Gasteiger partial charge >= 0.3 is 0 Å². The van der Waals surface area contributed by atoms with Crippen LogP contribution in [0.25, 0.3) is 22.4 Å². The standard InChI is InChI=1S/C21H21N7O2/c1-14(29)27-7-9-28(10-8-27)17-4-2-16(3-5-17)23-21-19-18(12-22-26-19)24-20(25-21)15-6-11-30-13-15/h2-6,11-13H,7-10H2,1H3,(H,22,26)(H,23,24,25). The molecule has 1 amide bonds. The van der Waals surface area contributed by atoms with Gasteiger partial charge in [-0.05, 0) is 30.3 Å². The molecule has 0 atom stereocenters. The van der Waals surface area contributed by atoms with Crippen molar-refractivity contribution in [2.75, 3.05) is 36.4 Å². The maximum absolute atomic E-state index is 11.5. The van der Waals surface area contributed by atoms with Crippen LogP contribution in [0.1, 0.15) is 6.92 Å². The maximum Gasteiger partial charge on any atom is 0.219 e. The minimum Gasteiger partial charge on any atom is -0.472 e. The van der Waals surface area contributed by atoms with E-state index in [1.54, 1.807) is 25.6 Å². The lowest BCUT2D eigenvalue weighted by atomic mass is 10.2. The van der Waals surface area contributed by atoms with Crippen molar-refractivity contribution in [3.63, 3.8) is 0 Å². The Bertz CT molecular complexity index is 1160. The van der Waals surface area contributed by atoms with Crippen LogP contribution in [0.3, 0.4) is 0 Å². The van der Waals surface area contributed by atoms with Gasteiger partial charge in [-0.1, -0.05) is 0 Å². The van der Waals surface area contributed by atoms with E-state index in [0.717, 1.165) is 54.2 Å². The summed E-state index contributed by atoms with van der Waals surface area (Å²) in [6, 6.07) is 10.0. The van der Waals surface area contributed by atoms with Gasteiger partial charge in [0.05, 0.1) is 18.0 Å². The third-order valence-electron chi connectivity index (χ3n) is 5.30. The van der Waals surface area contributed by atoms with Crippen molar-refractivity contribution < 1.29 is 9.21 Å². The second kappa shape index (κ2) is 7.51. The Kier molecular flexibility index (Phi) is 4.55. The summed E-state index contributed by atoms with van der Waals surface area (Å²) >= 11 is 0. The molecule has 1 aliphatic heterocycles. The van der Waals surface area contributed by atoms with Crippen LogP contribution in [0.2, 0.25) is 0 Å². The van der Waals surface area contributed by atoms with Crippen molar-refractivity contribution in [1.29, 1.82) is 0 Å². The first-order valence-corrected chi connectivity index (χ1v) is 9.78. The van der Waals surface area contributed by atoms with Crippen molar-refractivity contribution in [3.05, 3.63) is 49.1 Å². The molecule has 4 heterocycles. The first kappa shape index (κ1) is 18.2. The number of aromatic nitrogens is 4. The first-order valence-electron chi connectivity index (χ1n) is 9.78. The first-order chi connectivity index (χ1) is 14.7. The monoisotopic (exact) mass is 403 g/mol. The summed E-state index contributed by atoms with van der Waals surface area (Å²) in [6.07, 6.45) is 4.89. The highest BCUT2D eigenvalue weighted by atomic mass is 16.3. The number of H-pyrrole nitrogens is 1. The van der Waals surface area contributed by atoms with Crippen LogP contribution in [-0.2, 0) is 4.79 Å². The number of furan rings is 1. The fraction of sp³-hybridized carbons (Fsp3) is 0.238. The quantitative estimate of drug-likeness (QED) is 0.540. The van der Waals surface area contributed by atoms with Gasteiger partial charge in [-0.2, -0.15) is 5.10 Å². The molecule has 30 heavy (non-hydrogen) atoms. The Morgan fingerprint density at radius 2 is 1.90 bits per heavy atom. The predicted molar refractivity (Wildman–Crippen MR) is 114 cm³/mol. The van der Waals surface area contributed by atoms with Gasteiger partial charge in [-0.3, -0.25) is 9.89 Å². The summed E-state index contributed by atoms with van der Waals surface area (Å²) in [4.78, 5) is 24.9. The zero-order chi connectivity index (χ0) is 20.5. The fourth-order valence-electron chi connectivity index (χ4n) is 3.62. The van der Waals surface area contributed by atoms with Gasteiger partial charge in [-0.15, -0.1) is 0 Å². The number of benzene rings is 1. The molecule has 0 aliphatic carbocycles. The summed E-state index contributed by atoms with van der Waals surface area (Å²) in [6.45, 7) is 4.80. The number of hydrogen-bond donors (Lipinski definition) is 2. The van der Waals surface area contributed by atoms with E-state index in [-0.39, 0.29) is 5.91 Å². The van der Waals surface area contributed by atoms with Crippen LogP contribution in [0.5, 0.6) is 0 Å². The van der Waals surface area contributed by atoms with Crippen molar-refractivity contribution in [2.24, 2.45) is 0 Å². The van der Waals surface area contributed by atoms with Crippen molar-refractivity contribution in [3.8, 4) is 11.4 Å². The second-order valence-electron chi connectivity index (χ2n) is 7.20. The van der Waals surface area contributed by atoms with Crippen molar-refractivity contribution in [2.45, 2.75) is 6.92 Å².